The smallest absolute Gasteiger partial charge is 0.334 e. The number of methoxy groups -OCH3 is 1. The Morgan fingerprint density at radius 3 is 2.40 bits per heavy atom. The molecule has 1 saturated heterocycles. The van der Waals surface area contributed by atoms with Gasteiger partial charge in [-0.1, -0.05) is 54.6 Å². The lowest BCUT2D eigenvalue weighted by atomic mass is 10.1. The lowest BCUT2D eigenvalue weighted by molar-refractivity contribution is 0.0552. The average molecular weight is 571 g/mol. The number of nitrogens with zero attached hydrogens (tertiary/aromatic N) is 3. The van der Waals surface area contributed by atoms with Crippen LogP contribution in [0.3, 0.4) is 0 Å². The number of benzene rings is 3. The first-order valence-electron chi connectivity index (χ1n) is 14.4. The van der Waals surface area contributed by atoms with Crippen LogP contribution in [0.5, 0.6) is 11.5 Å². The summed E-state index contributed by atoms with van der Waals surface area (Å²) >= 11 is 0. The van der Waals surface area contributed by atoms with E-state index in [0.717, 1.165) is 11.1 Å². The topological polar surface area (TPSA) is 87.0 Å². The maximum absolute atomic E-state index is 14.4. The SMILES string of the molecule is COc1ccccc1-n1c(-c2ccccc2)c(C(=O)N2CCNCC2)n(Cc2cccc(OCCOC(C)C)c2)c1=O. The van der Waals surface area contributed by atoms with E-state index < -0.39 is 0 Å². The van der Waals surface area contributed by atoms with E-state index in [1.54, 1.807) is 16.2 Å². The van der Waals surface area contributed by atoms with E-state index in [-0.39, 0.29) is 24.2 Å². The number of para-hydroxylation sites is 2. The third kappa shape index (κ3) is 6.42. The Bertz CT molecular complexity index is 1550. The molecule has 42 heavy (non-hydrogen) atoms. The normalized spacial score (nSPS) is 13.4. The highest BCUT2D eigenvalue weighted by molar-refractivity contribution is 5.99. The molecule has 0 saturated carbocycles. The number of piperazine rings is 1. The number of nitrogens with one attached hydrogen (secondary N) is 1. The second-order valence-corrected chi connectivity index (χ2v) is 10.4. The molecule has 0 bridgehead atoms. The van der Waals surface area contributed by atoms with Crippen LogP contribution in [-0.4, -0.2) is 72.5 Å². The number of hydrogen-bond acceptors (Lipinski definition) is 6. The first-order valence-corrected chi connectivity index (χ1v) is 14.4. The molecular weight excluding hydrogens is 532 g/mol. The molecule has 5 rings (SSSR count). The van der Waals surface area contributed by atoms with Crippen LogP contribution in [0.1, 0.15) is 29.9 Å². The molecule has 2 heterocycles. The monoisotopic (exact) mass is 570 g/mol. The molecule has 0 unspecified atom stereocenters. The highest BCUT2D eigenvalue weighted by atomic mass is 16.5. The van der Waals surface area contributed by atoms with Gasteiger partial charge >= 0.3 is 5.69 Å². The van der Waals surface area contributed by atoms with Crippen molar-refractivity contribution in [3.8, 4) is 28.4 Å². The zero-order valence-corrected chi connectivity index (χ0v) is 24.4. The Morgan fingerprint density at radius 2 is 1.67 bits per heavy atom. The van der Waals surface area contributed by atoms with E-state index in [9.17, 15) is 9.59 Å². The van der Waals surface area contributed by atoms with E-state index in [4.69, 9.17) is 14.2 Å². The third-order valence-electron chi connectivity index (χ3n) is 7.16. The summed E-state index contributed by atoms with van der Waals surface area (Å²) in [7, 11) is 1.58. The summed E-state index contributed by atoms with van der Waals surface area (Å²) in [6.45, 7) is 7.56. The summed E-state index contributed by atoms with van der Waals surface area (Å²) in [5, 5.41) is 3.31. The van der Waals surface area contributed by atoms with Gasteiger partial charge in [-0.2, -0.15) is 0 Å². The molecule has 9 heteroatoms. The van der Waals surface area contributed by atoms with E-state index in [1.165, 1.54) is 0 Å². The van der Waals surface area contributed by atoms with Crippen molar-refractivity contribution in [1.29, 1.82) is 0 Å². The van der Waals surface area contributed by atoms with Crippen molar-refractivity contribution in [2.75, 3.05) is 46.5 Å². The summed E-state index contributed by atoms with van der Waals surface area (Å²) in [6, 6.07) is 24.6. The van der Waals surface area contributed by atoms with Gasteiger partial charge in [0.1, 0.15) is 23.8 Å². The van der Waals surface area contributed by atoms with Gasteiger partial charge in [0.05, 0.1) is 37.7 Å². The minimum absolute atomic E-state index is 0.129. The molecule has 1 N–H and O–H groups in total. The van der Waals surface area contributed by atoms with Crippen LogP contribution in [0.15, 0.2) is 83.7 Å². The second kappa shape index (κ2) is 13.5. The van der Waals surface area contributed by atoms with Crippen molar-refractivity contribution in [3.63, 3.8) is 0 Å². The standard InChI is InChI=1S/C33H38N4O5/c1-24(2)41-20-21-42-27-13-9-10-25(22-27)23-36-31(32(38)35-18-16-34-17-19-35)30(26-11-5-4-6-12-26)37(33(36)39)28-14-7-8-15-29(28)40-3/h4-15,22,24,34H,16-21,23H2,1-3H3. The van der Waals surface area contributed by atoms with Crippen LogP contribution in [0, 0.1) is 0 Å². The lowest BCUT2D eigenvalue weighted by Gasteiger charge is -2.28. The van der Waals surface area contributed by atoms with Crippen molar-refractivity contribution in [3.05, 3.63) is 101 Å². The molecule has 1 amide bonds. The summed E-state index contributed by atoms with van der Waals surface area (Å²) in [5.74, 6) is 1.03. The summed E-state index contributed by atoms with van der Waals surface area (Å²) in [5.41, 5.74) is 2.72. The zero-order chi connectivity index (χ0) is 29.5. The van der Waals surface area contributed by atoms with Gasteiger partial charge in [-0.15, -0.1) is 0 Å². The van der Waals surface area contributed by atoms with Gasteiger partial charge in [0.15, 0.2) is 0 Å². The van der Waals surface area contributed by atoms with Crippen LogP contribution < -0.4 is 20.5 Å². The van der Waals surface area contributed by atoms with E-state index in [2.05, 4.69) is 5.32 Å². The molecule has 1 fully saturated rings. The number of ether oxygens (including phenoxy) is 3. The Kier molecular flexibility index (Phi) is 9.41. The fourth-order valence-corrected chi connectivity index (χ4v) is 5.19. The molecule has 0 spiro atoms. The Balaban J connectivity index is 1.65. The molecule has 4 aromatic rings. The van der Waals surface area contributed by atoms with E-state index >= 15 is 0 Å². The third-order valence-corrected chi connectivity index (χ3v) is 7.16. The number of carbonyl (C=O) groups excluding carboxylic acids is 1. The van der Waals surface area contributed by atoms with Crippen LogP contribution >= 0.6 is 0 Å². The molecule has 1 aromatic heterocycles. The van der Waals surface area contributed by atoms with E-state index in [1.807, 2.05) is 97.6 Å². The molecule has 1 aliphatic heterocycles. The molecule has 1 aliphatic rings. The first kappa shape index (κ1) is 29.2. The second-order valence-electron chi connectivity index (χ2n) is 10.4. The quantitative estimate of drug-likeness (QED) is 0.272. The van der Waals surface area contributed by atoms with Crippen molar-refractivity contribution in [2.24, 2.45) is 0 Å². The number of aromatic nitrogens is 2. The Labute approximate surface area is 246 Å². The molecule has 3 aromatic carbocycles. The van der Waals surface area contributed by atoms with Gasteiger partial charge in [-0.3, -0.25) is 13.9 Å². The molecule has 0 aliphatic carbocycles. The average Bonchev–Trinajstić information content (AvgIpc) is 3.31. The van der Waals surface area contributed by atoms with Crippen LogP contribution in [-0.2, 0) is 11.3 Å². The summed E-state index contributed by atoms with van der Waals surface area (Å²) in [4.78, 5) is 30.6. The molecule has 0 atom stereocenters. The van der Waals surface area contributed by atoms with Crippen molar-refractivity contribution < 1.29 is 19.0 Å². The fourth-order valence-electron chi connectivity index (χ4n) is 5.19. The predicted molar refractivity (Wildman–Crippen MR) is 163 cm³/mol. The minimum atomic E-state index is -0.325. The maximum atomic E-state index is 14.4. The van der Waals surface area contributed by atoms with Crippen LogP contribution in [0.2, 0.25) is 0 Å². The van der Waals surface area contributed by atoms with Crippen molar-refractivity contribution in [1.82, 2.24) is 19.4 Å². The predicted octanol–water partition coefficient (Wildman–Crippen LogP) is 4.21. The summed E-state index contributed by atoms with van der Waals surface area (Å²) < 4.78 is 20.4. The van der Waals surface area contributed by atoms with Crippen LogP contribution in [0.4, 0.5) is 0 Å². The number of amides is 1. The van der Waals surface area contributed by atoms with E-state index in [0.29, 0.717) is 68.0 Å². The van der Waals surface area contributed by atoms with Gasteiger partial charge in [-0.05, 0) is 43.7 Å². The number of hydrogen-bond donors (Lipinski definition) is 1. The largest absolute Gasteiger partial charge is 0.495 e. The van der Waals surface area contributed by atoms with Gasteiger partial charge in [-0.25, -0.2) is 4.79 Å². The Hall–Kier alpha value is -4.34. The minimum Gasteiger partial charge on any atom is -0.495 e. The molecular formula is C33H38N4O5. The van der Waals surface area contributed by atoms with Crippen molar-refractivity contribution >= 4 is 5.91 Å². The van der Waals surface area contributed by atoms with Crippen LogP contribution in [0.25, 0.3) is 16.9 Å². The molecule has 0 radical (unpaired) electrons. The number of carbonyl (C=O) groups is 1. The Morgan fingerprint density at radius 1 is 0.929 bits per heavy atom. The lowest BCUT2D eigenvalue weighted by Crippen LogP contribution is -2.47. The molecule has 220 valence electrons. The number of rotatable bonds is 11. The molecule has 9 nitrogen and oxygen atoms in total. The first-order chi connectivity index (χ1) is 20.5. The van der Waals surface area contributed by atoms with Crippen molar-refractivity contribution in [2.45, 2.75) is 26.5 Å². The van der Waals surface area contributed by atoms with Gasteiger partial charge in [0.2, 0.25) is 0 Å². The number of imidazole rings is 1. The van der Waals surface area contributed by atoms with Gasteiger partial charge in [0, 0.05) is 31.7 Å². The van der Waals surface area contributed by atoms with Gasteiger partial charge < -0.3 is 24.4 Å². The highest BCUT2D eigenvalue weighted by Crippen LogP contribution is 2.31. The highest BCUT2D eigenvalue weighted by Gasteiger charge is 2.31. The fraction of sp³-hybridized carbons (Fsp3) is 0.333. The maximum Gasteiger partial charge on any atom is 0.334 e. The summed E-state index contributed by atoms with van der Waals surface area (Å²) in [6.07, 6.45) is 0.129. The van der Waals surface area contributed by atoms with Gasteiger partial charge in [0.25, 0.3) is 5.91 Å². The zero-order valence-electron chi connectivity index (χ0n) is 24.4.